The van der Waals surface area contributed by atoms with Gasteiger partial charge in [0, 0.05) is 42.1 Å². The summed E-state index contributed by atoms with van der Waals surface area (Å²) < 4.78 is 12.5. The van der Waals surface area contributed by atoms with E-state index in [1.807, 2.05) is 0 Å². The van der Waals surface area contributed by atoms with Gasteiger partial charge in [0.2, 0.25) is 0 Å². The molecule has 0 saturated carbocycles. The third kappa shape index (κ3) is 8.15. The number of unbranched alkanes of at least 4 members (excludes halogenated alkanes) is 1. The Kier molecular flexibility index (Phi) is 9.83. The minimum atomic E-state index is -1.90. The van der Waals surface area contributed by atoms with Gasteiger partial charge in [-0.05, 0) is 60.9 Å². The van der Waals surface area contributed by atoms with Crippen LogP contribution >= 0.6 is 11.8 Å². The average molecular weight is 575 g/mol. The van der Waals surface area contributed by atoms with Crippen LogP contribution in [-0.2, 0) is 20.1 Å². The maximum atomic E-state index is 12.6. The molecule has 204 valence electrons. The first-order valence-electron chi connectivity index (χ1n) is 13.6. The fraction of sp³-hybridized carbons (Fsp3) is 0.387. The molecule has 0 N–H and O–H groups in total. The van der Waals surface area contributed by atoms with Crippen molar-refractivity contribution in [3.8, 4) is 23.5 Å². The van der Waals surface area contributed by atoms with Crippen LogP contribution in [0.2, 0.25) is 32.2 Å². The molecule has 1 aliphatic rings. The van der Waals surface area contributed by atoms with E-state index >= 15 is 0 Å². The average Bonchev–Trinajstić information content (AvgIpc) is 3.23. The summed E-state index contributed by atoms with van der Waals surface area (Å²) in [6.07, 6.45) is 11.8. The monoisotopic (exact) mass is 574 g/mol. The Morgan fingerprint density at radius 3 is 2.18 bits per heavy atom. The number of fused-ring (bicyclic) bond motifs is 3. The van der Waals surface area contributed by atoms with Crippen molar-refractivity contribution < 1.29 is 13.6 Å². The van der Waals surface area contributed by atoms with E-state index in [0.717, 1.165) is 35.0 Å². The first-order valence-corrected chi connectivity index (χ1v) is 20.8. The van der Waals surface area contributed by atoms with Crippen LogP contribution in [0.5, 0.6) is 0 Å². The molecule has 0 aliphatic heterocycles. The molecule has 5 nitrogen and oxygen atoms in total. The Morgan fingerprint density at radius 1 is 0.949 bits per heavy atom. The number of hydrogen-bond donors (Lipinski definition) is 0. The first-order chi connectivity index (χ1) is 18.7. The zero-order valence-electron chi connectivity index (χ0n) is 23.4. The summed E-state index contributed by atoms with van der Waals surface area (Å²) in [7, 11) is -3.75. The fourth-order valence-electron chi connectivity index (χ4n) is 5.20. The lowest BCUT2D eigenvalue weighted by Crippen LogP contribution is -2.46. The summed E-state index contributed by atoms with van der Waals surface area (Å²) in [5.74, 6) is 2.61. The molecule has 0 radical (unpaired) electrons. The molecule has 0 amide bonds. The third-order valence-electron chi connectivity index (χ3n) is 6.87. The summed E-state index contributed by atoms with van der Waals surface area (Å²) in [5.41, 5.74) is 5.94. The Bertz CT molecular complexity index is 1280. The van der Waals surface area contributed by atoms with Crippen molar-refractivity contribution in [2.75, 3.05) is 12.0 Å². The molecule has 8 heteroatoms. The Morgan fingerprint density at radius 2 is 1.56 bits per heavy atom. The number of benzene rings is 2. The fourth-order valence-corrected chi connectivity index (χ4v) is 15.6. The van der Waals surface area contributed by atoms with Gasteiger partial charge in [0.05, 0.1) is 0 Å². The second-order valence-corrected chi connectivity index (χ2v) is 21.4. The zero-order valence-corrected chi connectivity index (χ0v) is 26.2. The van der Waals surface area contributed by atoms with Gasteiger partial charge in [-0.1, -0.05) is 66.7 Å². The van der Waals surface area contributed by atoms with Crippen molar-refractivity contribution in [1.82, 2.24) is 9.97 Å². The second-order valence-electron chi connectivity index (χ2n) is 11.3. The highest BCUT2D eigenvalue weighted by molar-refractivity contribution is 8.00. The minimum absolute atomic E-state index is 0.109. The molecular formula is C31H38N2O3SSi2. The van der Waals surface area contributed by atoms with Gasteiger partial charge in [0.25, 0.3) is 0 Å². The van der Waals surface area contributed by atoms with Gasteiger partial charge in [0.1, 0.15) is 6.61 Å². The number of ether oxygens (including phenoxy) is 1. The van der Waals surface area contributed by atoms with Crippen molar-refractivity contribution in [2.45, 2.75) is 69.0 Å². The van der Waals surface area contributed by atoms with Crippen LogP contribution in [0.25, 0.3) is 11.1 Å². The van der Waals surface area contributed by atoms with Gasteiger partial charge in [0.15, 0.2) is 21.8 Å². The Balaban J connectivity index is 1.18. The second kappa shape index (κ2) is 13.1. The first kappa shape index (κ1) is 29.3. The highest BCUT2D eigenvalue weighted by atomic mass is 32.2. The summed E-state index contributed by atoms with van der Waals surface area (Å²) in [6.45, 7) is 9.48. The van der Waals surface area contributed by atoms with Crippen molar-refractivity contribution in [2.24, 2.45) is 0 Å². The van der Waals surface area contributed by atoms with E-state index < -0.39 is 16.6 Å². The van der Waals surface area contributed by atoms with Crippen LogP contribution in [0.4, 0.5) is 0 Å². The normalized spacial score (nSPS) is 13.0. The van der Waals surface area contributed by atoms with E-state index in [1.165, 1.54) is 22.3 Å². The summed E-state index contributed by atoms with van der Waals surface area (Å²) >= 11 is 1.66. The van der Waals surface area contributed by atoms with E-state index in [4.69, 9.17) is 15.3 Å². The molecule has 1 heterocycles. The number of thioether (sulfide) groups is 1. The SMILES string of the molecule is C#CCc1cnc(SC[Si](C)(C)O[Si](C)(C)CCCCC(=O)OCC2c3ccccc3-c3ccccc32)nc1. The third-order valence-corrected chi connectivity index (χ3v) is 16.7. The number of esters is 1. The molecule has 1 aromatic heterocycles. The zero-order chi connectivity index (χ0) is 27.9. The van der Waals surface area contributed by atoms with E-state index in [2.05, 4.69) is 90.6 Å². The van der Waals surface area contributed by atoms with Gasteiger partial charge < -0.3 is 8.85 Å². The lowest BCUT2D eigenvalue weighted by atomic mass is 9.98. The smallest absolute Gasteiger partial charge is 0.305 e. The van der Waals surface area contributed by atoms with E-state index in [-0.39, 0.29) is 11.9 Å². The van der Waals surface area contributed by atoms with Crippen LogP contribution in [0, 0.1) is 12.3 Å². The molecular weight excluding hydrogens is 537 g/mol. The maximum absolute atomic E-state index is 12.6. The number of carbonyl (C=O) groups excluding carboxylic acids is 1. The van der Waals surface area contributed by atoms with Gasteiger partial charge in [-0.3, -0.25) is 4.79 Å². The summed E-state index contributed by atoms with van der Waals surface area (Å²) in [6, 6.07) is 17.9. The lowest BCUT2D eigenvalue weighted by molar-refractivity contribution is -0.144. The number of rotatable bonds is 13. The van der Waals surface area contributed by atoms with Crippen LogP contribution < -0.4 is 0 Å². The molecule has 0 fully saturated rings. The van der Waals surface area contributed by atoms with E-state index in [0.29, 0.717) is 19.4 Å². The van der Waals surface area contributed by atoms with Crippen LogP contribution in [0.3, 0.4) is 0 Å². The van der Waals surface area contributed by atoms with Gasteiger partial charge in [-0.15, -0.1) is 12.3 Å². The van der Waals surface area contributed by atoms with Crippen LogP contribution in [0.15, 0.2) is 66.1 Å². The molecule has 0 atom stereocenters. The van der Waals surface area contributed by atoms with Crippen molar-refractivity contribution in [3.63, 3.8) is 0 Å². The molecule has 0 spiro atoms. The molecule has 4 rings (SSSR count). The van der Waals surface area contributed by atoms with E-state index in [1.54, 1.807) is 24.2 Å². The van der Waals surface area contributed by atoms with Gasteiger partial charge >= 0.3 is 5.97 Å². The number of carbonyl (C=O) groups is 1. The standard InChI is InChI=1S/C31H38N2O3SSi2/c1-6-13-24-20-32-31(33-21-24)37-23-39(4,5)36-38(2,3)19-12-11-18-30(34)35-22-29-27-16-9-7-14-25(27)26-15-8-10-17-28(26)29/h1,7-10,14-17,20-21,29H,11-13,18-19,22-23H2,2-5H3. The van der Waals surface area contributed by atoms with Crippen molar-refractivity contribution in [1.29, 1.82) is 0 Å². The predicted molar refractivity (Wildman–Crippen MR) is 165 cm³/mol. The molecule has 2 aromatic carbocycles. The minimum Gasteiger partial charge on any atom is -0.465 e. The quantitative estimate of drug-likeness (QED) is 0.0536. The van der Waals surface area contributed by atoms with Gasteiger partial charge in [-0.2, -0.15) is 0 Å². The number of hydrogen-bond acceptors (Lipinski definition) is 6. The lowest BCUT2D eigenvalue weighted by Gasteiger charge is -2.33. The number of aromatic nitrogens is 2. The van der Waals surface area contributed by atoms with Crippen LogP contribution in [0.1, 0.15) is 41.9 Å². The van der Waals surface area contributed by atoms with E-state index in [9.17, 15) is 4.79 Å². The molecule has 0 saturated heterocycles. The molecule has 0 unspecified atom stereocenters. The molecule has 0 bridgehead atoms. The Hall–Kier alpha value is -2.71. The largest absolute Gasteiger partial charge is 0.465 e. The summed E-state index contributed by atoms with van der Waals surface area (Å²) in [4.78, 5) is 21.4. The highest BCUT2D eigenvalue weighted by Crippen LogP contribution is 2.44. The molecule has 3 aromatic rings. The number of terminal acetylenes is 1. The Labute approximate surface area is 239 Å². The van der Waals surface area contributed by atoms with Crippen LogP contribution in [-0.4, -0.2) is 44.6 Å². The highest BCUT2D eigenvalue weighted by Gasteiger charge is 2.33. The predicted octanol–water partition coefficient (Wildman–Crippen LogP) is 7.24. The topological polar surface area (TPSA) is 61.3 Å². The number of nitrogens with zero attached hydrogens (tertiary/aromatic N) is 2. The van der Waals surface area contributed by atoms with Gasteiger partial charge in [-0.25, -0.2) is 9.97 Å². The summed E-state index contributed by atoms with van der Waals surface area (Å²) in [5, 5.41) is 1.67. The molecule has 39 heavy (non-hydrogen) atoms. The molecule has 1 aliphatic carbocycles. The maximum Gasteiger partial charge on any atom is 0.305 e. The van der Waals surface area contributed by atoms with Crippen molar-refractivity contribution >= 4 is 34.4 Å². The van der Waals surface area contributed by atoms with Crippen molar-refractivity contribution in [3.05, 3.63) is 77.6 Å².